The second-order valence-electron chi connectivity index (χ2n) is 7.59. The number of nitrogens with one attached hydrogen (secondary N) is 2. The molecule has 2 N–H and O–H groups in total. The fourth-order valence-electron chi connectivity index (χ4n) is 3.94. The molecule has 5 nitrogen and oxygen atoms in total. The number of benzene rings is 2. The quantitative estimate of drug-likeness (QED) is 0.689. The number of sulfonamides is 1. The first-order valence-electron chi connectivity index (χ1n) is 9.99. The standard InChI is InChI=1S/C22H27FN2O3S/c23-19-11-9-18(10-12-19)22(14-5-2-6-15-22)17-24-21(26)13-16-25-29(27,28)20-7-3-1-4-8-20/h1,3-4,7-12,25H,2,5-6,13-17H2,(H,24,26). The normalized spacial score (nSPS) is 16.3. The Labute approximate surface area is 171 Å². The lowest BCUT2D eigenvalue weighted by molar-refractivity contribution is -0.121. The second-order valence-corrected chi connectivity index (χ2v) is 9.35. The fourth-order valence-corrected chi connectivity index (χ4v) is 4.99. The summed E-state index contributed by atoms with van der Waals surface area (Å²) in [4.78, 5) is 12.5. The summed E-state index contributed by atoms with van der Waals surface area (Å²) in [6.07, 6.45) is 5.26. The zero-order chi connectivity index (χ0) is 20.7. The van der Waals surface area contributed by atoms with Crippen molar-refractivity contribution >= 4 is 15.9 Å². The molecule has 0 heterocycles. The molecule has 0 aromatic heterocycles. The van der Waals surface area contributed by atoms with Gasteiger partial charge in [-0.3, -0.25) is 4.79 Å². The number of carbonyl (C=O) groups is 1. The number of halogens is 1. The third-order valence-corrected chi connectivity index (χ3v) is 7.07. The van der Waals surface area contributed by atoms with Crippen LogP contribution in [0.15, 0.2) is 59.5 Å². The minimum atomic E-state index is -3.62. The molecule has 0 atom stereocenters. The molecule has 7 heteroatoms. The van der Waals surface area contributed by atoms with E-state index in [0.717, 1.165) is 37.7 Å². The average Bonchev–Trinajstić information content (AvgIpc) is 2.74. The Balaban J connectivity index is 1.55. The van der Waals surface area contributed by atoms with Gasteiger partial charge in [-0.25, -0.2) is 17.5 Å². The molecule has 2 aromatic rings. The summed E-state index contributed by atoms with van der Waals surface area (Å²) in [5.41, 5.74) is 0.856. The van der Waals surface area contributed by atoms with Crippen LogP contribution in [0.3, 0.4) is 0 Å². The van der Waals surface area contributed by atoms with Crippen molar-refractivity contribution in [1.29, 1.82) is 0 Å². The first-order chi connectivity index (χ1) is 13.9. The van der Waals surface area contributed by atoms with Gasteiger partial charge in [-0.15, -0.1) is 0 Å². The van der Waals surface area contributed by atoms with E-state index in [9.17, 15) is 17.6 Å². The number of hydrogen-bond donors (Lipinski definition) is 2. The molecule has 0 radical (unpaired) electrons. The van der Waals surface area contributed by atoms with E-state index >= 15 is 0 Å². The summed E-state index contributed by atoms with van der Waals surface area (Å²) in [7, 11) is -3.62. The number of amides is 1. The van der Waals surface area contributed by atoms with Crippen molar-refractivity contribution in [3.8, 4) is 0 Å². The molecule has 1 amide bonds. The van der Waals surface area contributed by atoms with E-state index in [4.69, 9.17) is 0 Å². The lowest BCUT2D eigenvalue weighted by atomic mass is 9.69. The van der Waals surface area contributed by atoms with Gasteiger partial charge in [-0.1, -0.05) is 49.6 Å². The lowest BCUT2D eigenvalue weighted by Crippen LogP contribution is -2.43. The molecular weight excluding hydrogens is 391 g/mol. The van der Waals surface area contributed by atoms with Gasteiger partial charge < -0.3 is 5.32 Å². The van der Waals surface area contributed by atoms with Crippen molar-refractivity contribution in [2.45, 2.75) is 48.8 Å². The molecule has 1 fully saturated rings. The maximum atomic E-state index is 13.3. The highest BCUT2D eigenvalue weighted by atomic mass is 32.2. The zero-order valence-electron chi connectivity index (χ0n) is 16.4. The lowest BCUT2D eigenvalue weighted by Gasteiger charge is -2.38. The smallest absolute Gasteiger partial charge is 0.240 e. The largest absolute Gasteiger partial charge is 0.355 e. The van der Waals surface area contributed by atoms with Gasteiger partial charge in [0.15, 0.2) is 0 Å². The van der Waals surface area contributed by atoms with E-state index in [2.05, 4.69) is 10.0 Å². The van der Waals surface area contributed by atoms with Gasteiger partial charge in [0.2, 0.25) is 15.9 Å². The Hall–Kier alpha value is -2.25. The zero-order valence-corrected chi connectivity index (χ0v) is 17.2. The summed E-state index contributed by atoms with van der Waals surface area (Å²) in [6, 6.07) is 14.6. The van der Waals surface area contributed by atoms with Crippen LogP contribution in [0.5, 0.6) is 0 Å². The van der Waals surface area contributed by atoms with Gasteiger partial charge in [0.05, 0.1) is 4.90 Å². The average molecular weight is 419 g/mol. The van der Waals surface area contributed by atoms with Gasteiger partial charge in [0.25, 0.3) is 0 Å². The summed E-state index contributed by atoms with van der Waals surface area (Å²) < 4.78 is 40.2. The van der Waals surface area contributed by atoms with Crippen molar-refractivity contribution in [2.75, 3.05) is 13.1 Å². The van der Waals surface area contributed by atoms with Crippen molar-refractivity contribution < 1.29 is 17.6 Å². The van der Waals surface area contributed by atoms with E-state index < -0.39 is 10.0 Å². The number of hydrogen-bond acceptors (Lipinski definition) is 3. The molecule has 156 valence electrons. The molecule has 0 aliphatic heterocycles. The minimum absolute atomic E-state index is 0.0343. The van der Waals surface area contributed by atoms with E-state index in [0.29, 0.717) is 6.54 Å². The third-order valence-electron chi connectivity index (χ3n) is 5.59. The maximum absolute atomic E-state index is 13.3. The molecular formula is C22H27FN2O3S. The van der Waals surface area contributed by atoms with Crippen molar-refractivity contribution in [3.63, 3.8) is 0 Å². The first-order valence-corrected chi connectivity index (χ1v) is 11.5. The Bertz CT molecular complexity index is 909. The number of carbonyl (C=O) groups excluding carboxylic acids is 1. The van der Waals surface area contributed by atoms with Crippen LogP contribution < -0.4 is 10.0 Å². The highest BCUT2D eigenvalue weighted by Gasteiger charge is 2.34. The summed E-state index contributed by atoms with van der Waals surface area (Å²) in [5, 5.41) is 2.96. The van der Waals surface area contributed by atoms with Gasteiger partial charge in [0.1, 0.15) is 5.82 Å². The van der Waals surface area contributed by atoms with Gasteiger partial charge in [0, 0.05) is 24.9 Å². The van der Waals surface area contributed by atoms with Crippen LogP contribution in [0.1, 0.15) is 44.1 Å². The van der Waals surface area contributed by atoms with E-state index in [1.807, 2.05) is 0 Å². The SMILES string of the molecule is O=C(CCNS(=O)(=O)c1ccccc1)NCC1(c2ccc(F)cc2)CCCCC1. The van der Waals surface area contributed by atoms with Crippen LogP contribution in [0.4, 0.5) is 4.39 Å². The van der Waals surface area contributed by atoms with Crippen LogP contribution in [0, 0.1) is 5.82 Å². The van der Waals surface area contributed by atoms with Gasteiger partial charge in [-0.2, -0.15) is 0 Å². The van der Waals surface area contributed by atoms with Crippen LogP contribution in [-0.2, 0) is 20.2 Å². The van der Waals surface area contributed by atoms with Crippen LogP contribution in [0.25, 0.3) is 0 Å². The molecule has 0 saturated heterocycles. The Kier molecular flexibility index (Phi) is 7.03. The minimum Gasteiger partial charge on any atom is -0.355 e. The molecule has 1 aliphatic carbocycles. The van der Waals surface area contributed by atoms with Crippen molar-refractivity contribution in [2.24, 2.45) is 0 Å². The number of rotatable bonds is 8. The Morgan fingerprint density at radius 3 is 2.28 bits per heavy atom. The highest BCUT2D eigenvalue weighted by Crippen LogP contribution is 2.39. The Morgan fingerprint density at radius 1 is 0.966 bits per heavy atom. The molecule has 1 saturated carbocycles. The van der Waals surface area contributed by atoms with E-state index in [-0.39, 0.29) is 35.0 Å². The van der Waals surface area contributed by atoms with Gasteiger partial charge >= 0.3 is 0 Å². The Morgan fingerprint density at radius 2 is 1.62 bits per heavy atom. The van der Waals surface area contributed by atoms with Crippen molar-refractivity contribution in [1.82, 2.24) is 10.0 Å². The molecule has 0 bridgehead atoms. The van der Waals surface area contributed by atoms with E-state index in [1.54, 1.807) is 30.3 Å². The molecule has 0 unspecified atom stereocenters. The summed E-state index contributed by atoms with van der Waals surface area (Å²) in [6.45, 7) is 0.509. The molecule has 3 rings (SSSR count). The molecule has 29 heavy (non-hydrogen) atoms. The molecule has 1 aliphatic rings. The fraction of sp³-hybridized carbons (Fsp3) is 0.409. The monoisotopic (exact) mass is 418 g/mol. The van der Waals surface area contributed by atoms with Gasteiger partial charge in [-0.05, 0) is 42.7 Å². The summed E-state index contributed by atoms with van der Waals surface area (Å²) >= 11 is 0. The maximum Gasteiger partial charge on any atom is 0.240 e. The second kappa shape index (κ2) is 9.50. The molecule has 0 spiro atoms. The predicted molar refractivity (Wildman–Crippen MR) is 110 cm³/mol. The molecule has 2 aromatic carbocycles. The van der Waals surface area contributed by atoms with E-state index in [1.165, 1.54) is 24.3 Å². The first kappa shape index (κ1) is 21.5. The van der Waals surface area contributed by atoms with Crippen LogP contribution >= 0.6 is 0 Å². The highest BCUT2D eigenvalue weighted by molar-refractivity contribution is 7.89. The van der Waals surface area contributed by atoms with Crippen LogP contribution in [0.2, 0.25) is 0 Å². The van der Waals surface area contributed by atoms with Crippen molar-refractivity contribution in [3.05, 3.63) is 66.0 Å². The predicted octanol–water partition coefficient (Wildman–Crippen LogP) is 3.51. The topological polar surface area (TPSA) is 75.3 Å². The van der Waals surface area contributed by atoms with Crippen LogP contribution in [-0.4, -0.2) is 27.4 Å². The summed E-state index contributed by atoms with van der Waals surface area (Å²) in [5.74, 6) is -0.470. The third kappa shape index (κ3) is 5.64.